The molecule has 0 fully saturated rings. The summed E-state index contributed by atoms with van der Waals surface area (Å²) in [5.41, 5.74) is 4.43. The second-order valence-corrected chi connectivity index (χ2v) is 7.53. The topological polar surface area (TPSA) is 57.6 Å². The number of carboxylic acids is 1. The summed E-state index contributed by atoms with van der Waals surface area (Å²) in [5.74, 6) is -0.964. The minimum atomic E-state index is -0.963. The Hall–Kier alpha value is -4.18. The maximum atomic E-state index is 13.3. The van der Waals surface area contributed by atoms with Gasteiger partial charge < -0.3 is 10.0 Å². The monoisotopic (exact) mass is 421 g/mol. The first-order chi connectivity index (χ1) is 15.6. The smallest absolute Gasteiger partial charge is 0.336 e. The molecule has 0 radical (unpaired) electrons. The highest BCUT2D eigenvalue weighted by atomic mass is 16.4. The maximum absolute atomic E-state index is 13.3. The van der Waals surface area contributed by atoms with Gasteiger partial charge in [-0.25, -0.2) is 4.79 Å². The number of carbonyl (C=O) groups is 2. The van der Waals surface area contributed by atoms with Crippen LogP contribution in [0.5, 0.6) is 0 Å². The Kier molecular flexibility index (Phi) is 6.42. The molecule has 0 atom stereocenters. The Bertz CT molecular complexity index is 1220. The van der Waals surface area contributed by atoms with Gasteiger partial charge in [0.1, 0.15) is 0 Å². The third-order valence-electron chi connectivity index (χ3n) is 5.30. The number of rotatable bonds is 7. The molecule has 0 unspecified atom stereocenters. The van der Waals surface area contributed by atoms with Crippen LogP contribution in [0.3, 0.4) is 0 Å². The van der Waals surface area contributed by atoms with Gasteiger partial charge in [-0.05, 0) is 46.5 Å². The Labute approximate surface area is 187 Å². The molecular formula is C28H23NO3. The molecule has 0 bridgehead atoms. The summed E-state index contributed by atoms with van der Waals surface area (Å²) in [6.45, 7) is 0.388. The number of benzene rings is 4. The molecule has 4 aromatic rings. The van der Waals surface area contributed by atoms with E-state index in [0.29, 0.717) is 18.5 Å². The van der Waals surface area contributed by atoms with Gasteiger partial charge in [0.2, 0.25) is 5.91 Å². The minimum Gasteiger partial charge on any atom is -0.478 e. The van der Waals surface area contributed by atoms with E-state index in [9.17, 15) is 14.7 Å². The van der Waals surface area contributed by atoms with E-state index in [2.05, 4.69) is 0 Å². The van der Waals surface area contributed by atoms with Crippen molar-refractivity contribution in [2.24, 2.45) is 0 Å². The van der Waals surface area contributed by atoms with Gasteiger partial charge in [0.05, 0.1) is 18.5 Å². The van der Waals surface area contributed by atoms with Crippen molar-refractivity contribution in [3.8, 4) is 11.1 Å². The zero-order valence-corrected chi connectivity index (χ0v) is 17.5. The van der Waals surface area contributed by atoms with Gasteiger partial charge in [-0.3, -0.25) is 4.79 Å². The maximum Gasteiger partial charge on any atom is 0.336 e. The van der Waals surface area contributed by atoms with E-state index in [-0.39, 0.29) is 11.5 Å². The van der Waals surface area contributed by atoms with Crippen molar-refractivity contribution in [2.45, 2.75) is 13.0 Å². The Balaban J connectivity index is 1.65. The van der Waals surface area contributed by atoms with E-state index in [1.807, 2.05) is 91.0 Å². The molecule has 0 aliphatic rings. The molecule has 4 aromatic carbocycles. The number of amides is 1. The molecule has 0 aromatic heterocycles. The first kappa shape index (κ1) is 21.1. The van der Waals surface area contributed by atoms with E-state index in [0.717, 1.165) is 22.4 Å². The normalized spacial score (nSPS) is 10.5. The predicted octanol–water partition coefficient (Wildman–Crippen LogP) is 5.83. The van der Waals surface area contributed by atoms with Crippen molar-refractivity contribution >= 4 is 17.6 Å². The summed E-state index contributed by atoms with van der Waals surface area (Å²) in [6.07, 6.45) is 0.303. The Morgan fingerprint density at radius 3 is 2.03 bits per heavy atom. The van der Waals surface area contributed by atoms with Crippen molar-refractivity contribution in [2.75, 3.05) is 4.90 Å². The highest BCUT2D eigenvalue weighted by Crippen LogP contribution is 2.26. The molecule has 0 spiro atoms. The summed E-state index contributed by atoms with van der Waals surface area (Å²) < 4.78 is 0. The van der Waals surface area contributed by atoms with Crippen molar-refractivity contribution in [3.05, 3.63) is 126 Å². The lowest BCUT2D eigenvalue weighted by atomic mass is 9.98. The van der Waals surface area contributed by atoms with Crippen LogP contribution in [0, 0.1) is 0 Å². The predicted molar refractivity (Wildman–Crippen MR) is 127 cm³/mol. The van der Waals surface area contributed by atoms with Crippen LogP contribution in [-0.2, 0) is 17.8 Å². The zero-order chi connectivity index (χ0) is 22.3. The van der Waals surface area contributed by atoms with Crippen LogP contribution in [0.25, 0.3) is 11.1 Å². The van der Waals surface area contributed by atoms with Crippen LogP contribution < -0.4 is 4.90 Å². The summed E-state index contributed by atoms with van der Waals surface area (Å²) in [6, 6.07) is 33.9. The summed E-state index contributed by atoms with van der Waals surface area (Å²) >= 11 is 0. The molecule has 0 heterocycles. The van der Waals surface area contributed by atoms with Gasteiger partial charge in [-0.2, -0.15) is 0 Å². The van der Waals surface area contributed by atoms with Gasteiger partial charge in [0, 0.05) is 5.69 Å². The van der Waals surface area contributed by atoms with Gasteiger partial charge in [0.25, 0.3) is 0 Å². The SMILES string of the molecule is O=C(O)c1ccccc1-c1cccc(CN(C(=O)Cc2ccccc2)c2ccccc2)c1. The fraction of sp³-hybridized carbons (Fsp3) is 0.0714. The average Bonchev–Trinajstić information content (AvgIpc) is 2.84. The van der Waals surface area contributed by atoms with Crippen LogP contribution >= 0.6 is 0 Å². The fourth-order valence-corrected chi connectivity index (χ4v) is 3.74. The fourth-order valence-electron chi connectivity index (χ4n) is 3.74. The largest absolute Gasteiger partial charge is 0.478 e. The number of hydrogen-bond acceptors (Lipinski definition) is 2. The van der Waals surface area contributed by atoms with Crippen LogP contribution in [0.1, 0.15) is 21.5 Å². The highest BCUT2D eigenvalue weighted by molar-refractivity contribution is 5.96. The minimum absolute atomic E-state index is 0.00117. The molecule has 0 aliphatic heterocycles. The quantitative estimate of drug-likeness (QED) is 0.409. The second kappa shape index (κ2) is 9.75. The first-order valence-electron chi connectivity index (χ1n) is 10.4. The Morgan fingerprint density at radius 2 is 1.31 bits per heavy atom. The van der Waals surface area contributed by atoms with Gasteiger partial charge in [0.15, 0.2) is 0 Å². The molecule has 1 amide bonds. The van der Waals surface area contributed by atoms with Crippen molar-refractivity contribution in [1.29, 1.82) is 0 Å². The van der Waals surface area contributed by atoms with Gasteiger partial charge in [-0.1, -0.05) is 84.9 Å². The molecule has 4 rings (SSSR count). The number of carbonyl (C=O) groups excluding carboxylic acids is 1. The van der Waals surface area contributed by atoms with E-state index in [4.69, 9.17) is 0 Å². The molecule has 0 saturated heterocycles. The lowest BCUT2D eigenvalue weighted by Crippen LogP contribution is -2.31. The van der Waals surface area contributed by atoms with Crippen LogP contribution in [0.15, 0.2) is 109 Å². The van der Waals surface area contributed by atoms with Gasteiger partial charge >= 0.3 is 5.97 Å². The molecule has 158 valence electrons. The number of para-hydroxylation sites is 1. The van der Waals surface area contributed by atoms with E-state index < -0.39 is 5.97 Å². The highest BCUT2D eigenvalue weighted by Gasteiger charge is 2.18. The molecular weight excluding hydrogens is 398 g/mol. The number of anilines is 1. The zero-order valence-electron chi connectivity index (χ0n) is 17.5. The van der Waals surface area contributed by atoms with Gasteiger partial charge in [-0.15, -0.1) is 0 Å². The molecule has 4 nitrogen and oxygen atoms in total. The van der Waals surface area contributed by atoms with E-state index in [1.165, 1.54) is 0 Å². The van der Waals surface area contributed by atoms with Crippen LogP contribution in [-0.4, -0.2) is 17.0 Å². The summed E-state index contributed by atoms with van der Waals surface area (Å²) in [5, 5.41) is 9.55. The molecule has 0 saturated carbocycles. The van der Waals surface area contributed by atoms with Crippen molar-refractivity contribution in [3.63, 3.8) is 0 Å². The van der Waals surface area contributed by atoms with Crippen molar-refractivity contribution in [1.82, 2.24) is 0 Å². The summed E-state index contributed by atoms with van der Waals surface area (Å²) in [7, 11) is 0. The van der Waals surface area contributed by atoms with Crippen LogP contribution in [0.2, 0.25) is 0 Å². The molecule has 32 heavy (non-hydrogen) atoms. The lowest BCUT2D eigenvalue weighted by Gasteiger charge is -2.23. The van der Waals surface area contributed by atoms with E-state index in [1.54, 1.807) is 23.1 Å². The average molecular weight is 421 g/mol. The van der Waals surface area contributed by atoms with E-state index >= 15 is 0 Å². The first-order valence-corrected chi connectivity index (χ1v) is 10.4. The second-order valence-electron chi connectivity index (χ2n) is 7.53. The standard InChI is InChI=1S/C28H23NO3/c30-27(19-21-10-3-1-4-11-21)29(24-14-5-2-6-15-24)20-22-12-9-13-23(18-22)25-16-7-8-17-26(25)28(31)32/h1-18H,19-20H2,(H,31,32). The molecule has 0 aliphatic carbocycles. The lowest BCUT2D eigenvalue weighted by molar-refractivity contribution is -0.118. The number of hydrogen-bond donors (Lipinski definition) is 1. The number of aromatic carboxylic acids is 1. The molecule has 4 heteroatoms. The number of nitrogens with zero attached hydrogens (tertiary/aromatic N) is 1. The molecule has 1 N–H and O–H groups in total. The number of carboxylic acid groups (broad SMARTS) is 1. The third-order valence-corrected chi connectivity index (χ3v) is 5.30. The third kappa shape index (κ3) is 4.93. The Morgan fingerprint density at radius 1 is 0.688 bits per heavy atom. The van der Waals surface area contributed by atoms with Crippen LogP contribution in [0.4, 0.5) is 5.69 Å². The van der Waals surface area contributed by atoms with Crippen molar-refractivity contribution < 1.29 is 14.7 Å². The summed E-state index contributed by atoms with van der Waals surface area (Å²) in [4.78, 5) is 26.7.